The Labute approximate surface area is 98.8 Å². The molecule has 0 unspecified atom stereocenters. The van der Waals surface area contributed by atoms with Crippen LogP contribution in [0.3, 0.4) is 0 Å². The Morgan fingerprint density at radius 1 is 1.62 bits per heavy atom. The molecule has 2 N–H and O–H groups in total. The Hall–Kier alpha value is -1.20. The minimum Gasteiger partial charge on any atom is -0.346 e. The fourth-order valence-corrected chi connectivity index (χ4v) is 2.16. The lowest BCUT2D eigenvalue weighted by Crippen LogP contribution is -2.37. The van der Waals surface area contributed by atoms with Gasteiger partial charge in [0.1, 0.15) is 5.01 Å². The first-order valence-electron chi connectivity index (χ1n) is 5.25. The van der Waals surface area contributed by atoms with Crippen molar-refractivity contribution in [3.63, 3.8) is 0 Å². The van der Waals surface area contributed by atoms with Gasteiger partial charge in [0, 0.05) is 29.7 Å². The molecule has 2 heterocycles. The van der Waals surface area contributed by atoms with E-state index in [1.807, 2.05) is 19.2 Å². The lowest BCUT2D eigenvalue weighted by molar-refractivity contribution is -0.117. The van der Waals surface area contributed by atoms with E-state index in [0.29, 0.717) is 6.54 Å². The van der Waals surface area contributed by atoms with Crippen molar-refractivity contribution in [1.29, 1.82) is 0 Å². The predicted octanol–water partition coefficient (Wildman–Crippen LogP) is 0.987. The highest BCUT2D eigenvalue weighted by atomic mass is 32.1. The number of aromatic nitrogens is 1. The fourth-order valence-electron chi connectivity index (χ4n) is 1.45. The minimum atomic E-state index is 0.0179. The largest absolute Gasteiger partial charge is 0.346 e. The third-order valence-corrected chi connectivity index (χ3v) is 3.58. The zero-order valence-corrected chi connectivity index (χ0v) is 10.3. The van der Waals surface area contributed by atoms with E-state index in [1.165, 1.54) is 5.57 Å². The van der Waals surface area contributed by atoms with Crippen LogP contribution >= 0.6 is 11.3 Å². The lowest BCUT2D eigenvalue weighted by atomic mass is 10.0. The van der Waals surface area contributed by atoms with Gasteiger partial charge in [-0.15, -0.1) is 11.3 Å². The first-order valence-corrected chi connectivity index (χ1v) is 6.13. The molecule has 0 atom stereocenters. The van der Waals surface area contributed by atoms with Gasteiger partial charge in [-0.1, -0.05) is 0 Å². The van der Waals surface area contributed by atoms with Crippen LogP contribution in [-0.4, -0.2) is 24.0 Å². The number of hydrogen-bond donors (Lipinski definition) is 2. The van der Waals surface area contributed by atoms with Crippen LogP contribution in [0.1, 0.15) is 17.6 Å². The van der Waals surface area contributed by atoms with Gasteiger partial charge in [0.05, 0.1) is 6.54 Å². The molecule has 0 radical (unpaired) electrons. The van der Waals surface area contributed by atoms with Crippen molar-refractivity contribution in [2.75, 3.05) is 13.1 Å². The third kappa shape index (κ3) is 2.48. The van der Waals surface area contributed by atoms with Gasteiger partial charge in [-0.2, -0.15) is 0 Å². The van der Waals surface area contributed by atoms with E-state index in [-0.39, 0.29) is 5.91 Å². The van der Waals surface area contributed by atoms with Gasteiger partial charge < -0.3 is 10.6 Å². The summed E-state index contributed by atoms with van der Waals surface area (Å²) in [5.74, 6) is 0.0179. The average Bonchev–Trinajstić information content (AvgIpc) is 2.58. The number of amides is 1. The van der Waals surface area contributed by atoms with Crippen LogP contribution < -0.4 is 10.6 Å². The van der Waals surface area contributed by atoms with Gasteiger partial charge in [-0.3, -0.25) is 4.79 Å². The molecular weight excluding hydrogens is 222 g/mol. The molecule has 1 fully saturated rings. The summed E-state index contributed by atoms with van der Waals surface area (Å²) in [5, 5.41) is 8.95. The topological polar surface area (TPSA) is 54.0 Å². The molecule has 1 aliphatic rings. The van der Waals surface area contributed by atoms with Crippen molar-refractivity contribution in [3.05, 3.63) is 27.2 Å². The third-order valence-electron chi connectivity index (χ3n) is 2.61. The van der Waals surface area contributed by atoms with Gasteiger partial charge >= 0.3 is 0 Å². The molecule has 5 heteroatoms. The molecule has 0 spiro atoms. The Balaban J connectivity index is 1.88. The molecule has 86 valence electrons. The summed E-state index contributed by atoms with van der Waals surface area (Å²) in [4.78, 5) is 16.0. The highest BCUT2D eigenvalue weighted by molar-refractivity contribution is 7.09. The second-order valence-corrected chi connectivity index (χ2v) is 4.84. The maximum absolute atomic E-state index is 11.7. The summed E-state index contributed by atoms with van der Waals surface area (Å²) in [6, 6.07) is 0. The first-order chi connectivity index (χ1) is 7.66. The molecule has 1 aliphatic heterocycles. The van der Waals surface area contributed by atoms with Crippen molar-refractivity contribution in [2.24, 2.45) is 0 Å². The number of nitrogens with one attached hydrogen (secondary N) is 2. The normalized spacial score (nSPS) is 14.5. The zero-order valence-electron chi connectivity index (χ0n) is 9.46. The van der Waals surface area contributed by atoms with Crippen LogP contribution in [0, 0.1) is 6.92 Å². The SMILES string of the molecule is CC(C(=O)NCc1nc(C)cs1)=C1CNC1. The molecule has 2 rings (SSSR count). The zero-order chi connectivity index (χ0) is 11.5. The van der Waals surface area contributed by atoms with Gasteiger partial charge in [0.15, 0.2) is 0 Å². The van der Waals surface area contributed by atoms with Crippen LogP contribution in [0.15, 0.2) is 16.5 Å². The summed E-state index contributed by atoms with van der Waals surface area (Å²) in [7, 11) is 0. The first kappa shape index (κ1) is 11.3. The predicted molar refractivity (Wildman–Crippen MR) is 64.3 cm³/mol. The van der Waals surface area contributed by atoms with Crippen molar-refractivity contribution in [2.45, 2.75) is 20.4 Å². The highest BCUT2D eigenvalue weighted by Crippen LogP contribution is 2.10. The number of nitrogens with zero attached hydrogens (tertiary/aromatic N) is 1. The molecule has 0 aliphatic carbocycles. The molecule has 1 aromatic heterocycles. The van der Waals surface area contributed by atoms with Crippen LogP contribution in [0.2, 0.25) is 0 Å². The van der Waals surface area contributed by atoms with E-state index >= 15 is 0 Å². The maximum atomic E-state index is 11.7. The molecule has 4 nitrogen and oxygen atoms in total. The van der Waals surface area contributed by atoms with Crippen LogP contribution in [0.4, 0.5) is 0 Å². The van der Waals surface area contributed by atoms with Gasteiger partial charge in [-0.25, -0.2) is 4.98 Å². The molecule has 1 amide bonds. The standard InChI is InChI=1S/C11H15N3OS/c1-7-6-16-10(14-7)5-13-11(15)8(2)9-3-12-4-9/h6,12H,3-5H2,1-2H3,(H,13,15). The van der Waals surface area contributed by atoms with Crippen LogP contribution in [-0.2, 0) is 11.3 Å². The summed E-state index contributed by atoms with van der Waals surface area (Å²) in [6.45, 7) is 6.04. The molecule has 0 bridgehead atoms. The quantitative estimate of drug-likeness (QED) is 0.771. The monoisotopic (exact) mass is 237 g/mol. The molecule has 0 saturated carbocycles. The number of carbonyl (C=O) groups excluding carboxylic acids is 1. The second kappa shape index (κ2) is 4.76. The van der Waals surface area contributed by atoms with Crippen LogP contribution in [0.25, 0.3) is 0 Å². The Bertz CT molecular complexity index is 430. The second-order valence-electron chi connectivity index (χ2n) is 3.90. The Kier molecular flexibility index (Phi) is 3.36. The smallest absolute Gasteiger partial charge is 0.247 e. The molecule has 0 aromatic carbocycles. The maximum Gasteiger partial charge on any atom is 0.247 e. The lowest BCUT2D eigenvalue weighted by Gasteiger charge is -2.21. The fraction of sp³-hybridized carbons (Fsp3) is 0.455. The van der Waals surface area contributed by atoms with E-state index in [4.69, 9.17) is 0 Å². The summed E-state index contributed by atoms with van der Waals surface area (Å²) in [6.07, 6.45) is 0. The van der Waals surface area contributed by atoms with Gasteiger partial charge in [-0.05, 0) is 19.4 Å². The van der Waals surface area contributed by atoms with E-state index in [9.17, 15) is 4.79 Å². The van der Waals surface area contributed by atoms with E-state index in [0.717, 1.165) is 29.4 Å². The number of carbonyl (C=O) groups is 1. The molecule has 1 saturated heterocycles. The molecule has 16 heavy (non-hydrogen) atoms. The van der Waals surface area contributed by atoms with Crippen molar-refractivity contribution in [3.8, 4) is 0 Å². The number of thiazole rings is 1. The van der Waals surface area contributed by atoms with Crippen molar-refractivity contribution in [1.82, 2.24) is 15.6 Å². The van der Waals surface area contributed by atoms with Crippen molar-refractivity contribution < 1.29 is 4.79 Å². The van der Waals surface area contributed by atoms with Crippen LogP contribution in [0.5, 0.6) is 0 Å². The highest BCUT2D eigenvalue weighted by Gasteiger charge is 2.15. The molecular formula is C11H15N3OS. The number of aryl methyl sites for hydroxylation is 1. The summed E-state index contributed by atoms with van der Waals surface area (Å²) >= 11 is 1.58. The summed E-state index contributed by atoms with van der Waals surface area (Å²) < 4.78 is 0. The Morgan fingerprint density at radius 2 is 2.38 bits per heavy atom. The summed E-state index contributed by atoms with van der Waals surface area (Å²) in [5.41, 5.74) is 3.05. The van der Waals surface area contributed by atoms with Crippen molar-refractivity contribution >= 4 is 17.2 Å². The average molecular weight is 237 g/mol. The number of rotatable bonds is 3. The Morgan fingerprint density at radius 3 is 2.88 bits per heavy atom. The van der Waals surface area contributed by atoms with Gasteiger partial charge in [0.2, 0.25) is 5.91 Å². The van der Waals surface area contributed by atoms with Gasteiger partial charge in [0.25, 0.3) is 0 Å². The minimum absolute atomic E-state index is 0.0179. The van der Waals surface area contributed by atoms with E-state index < -0.39 is 0 Å². The number of hydrogen-bond acceptors (Lipinski definition) is 4. The molecule has 1 aromatic rings. The van der Waals surface area contributed by atoms with E-state index in [2.05, 4.69) is 15.6 Å². The van der Waals surface area contributed by atoms with E-state index in [1.54, 1.807) is 11.3 Å².